The molecular formula is C13H14N2O3S. The molecule has 1 saturated heterocycles. The van der Waals surface area contributed by atoms with Gasteiger partial charge in [0.1, 0.15) is 17.3 Å². The van der Waals surface area contributed by atoms with Crippen LogP contribution in [0.3, 0.4) is 0 Å². The highest BCUT2D eigenvalue weighted by atomic mass is 32.1. The van der Waals surface area contributed by atoms with Crippen LogP contribution >= 0.6 is 12.2 Å². The van der Waals surface area contributed by atoms with E-state index < -0.39 is 0 Å². The Morgan fingerprint density at radius 3 is 2.53 bits per heavy atom. The summed E-state index contributed by atoms with van der Waals surface area (Å²) in [5, 5.41) is 0. The van der Waals surface area contributed by atoms with E-state index in [9.17, 15) is 9.59 Å². The molecule has 0 aromatic heterocycles. The van der Waals surface area contributed by atoms with Crippen molar-refractivity contribution in [3.63, 3.8) is 0 Å². The van der Waals surface area contributed by atoms with E-state index in [1.807, 2.05) is 0 Å². The number of hydrogen-bond acceptors (Lipinski definition) is 4. The second kappa shape index (κ2) is 5.36. The van der Waals surface area contributed by atoms with Crippen LogP contribution in [-0.2, 0) is 9.59 Å². The first-order chi connectivity index (χ1) is 8.99. The first kappa shape index (κ1) is 13.5. The minimum atomic E-state index is -0.252. The molecule has 1 aliphatic rings. The van der Waals surface area contributed by atoms with E-state index >= 15 is 0 Å². The maximum Gasteiger partial charge on any atom is 0.237 e. The van der Waals surface area contributed by atoms with E-state index in [1.165, 1.54) is 4.90 Å². The Morgan fingerprint density at radius 1 is 1.42 bits per heavy atom. The fourth-order valence-electron chi connectivity index (χ4n) is 1.90. The average Bonchev–Trinajstić information content (AvgIpc) is 2.62. The molecule has 1 fully saturated rings. The lowest BCUT2D eigenvalue weighted by molar-refractivity contribution is -0.122. The number of rotatable bonds is 4. The van der Waals surface area contributed by atoms with Gasteiger partial charge in [0.15, 0.2) is 0 Å². The number of anilines is 1. The number of amides is 2. The van der Waals surface area contributed by atoms with Gasteiger partial charge in [-0.1, -0.05) is 19.1 Å². The summed E-state index contributed by atoms with van der Waals surface area (Å²) in [5.41, 5.74) is 5.89. The van der Waals surface area contributed by atoms with Crippen LogP contribution in [0.15, 0.2) is 24.3 Å². The molecule has 2 amide bonds. The molecular weight excluding hydrogens is 264 g/mol. The van der Waals surface area contributed by atoms with Crippen molar-refractivity contribution in [3.05, 3.63) is 24.3 Å². The smallest absolute Gasteiger partial charge is 0.237 e. The molecule has 1 heterocycles. The number of nitrogens with zero attached hydrogens (tertiary/aromatic N) is 1. The van der Waals surface area contributed by atoms with E-state index in [-0.39, 0.29) is 35.7 Å². The lowest BCUT2D eigenvalue weighted by Crippen LogP contribution is -2.29. The Labute approximate surface area is 116 Å². The summed E-state index contributed by atoms with van der Waals surface area (Å²) >= 11 is 4.71. The number of ether oxygens (including phenoxy) is 1. The largest absolute Gasteiger partial charge is 0.487 e. The molecule has 0 radical (unpaired) electrons. The molecule has 1 aromatic carbocycles. The first-order valence-corrected chi connectivity index (χ1v) is 6.28. The van der Waals surface area contributed by atoms with E-state index in [0.717, 1.165) is 0 Å². The van der Waals surface area contributed by atoms with Gasteiger partial charge in [-0.05, 0) is 24.3 Å². The molecule has 1 aliphatic heterocycles. The summed E-state index contributed by atoms with van der Waals surface area (Å²) in [6.45, 7) is 1.91. The molecule has 5 nitrogen and oxygen atoms in total. The van der Waals surface area contributed by atoms with Crippen LogP contribution in [0.2, 0.25) is 0 Å². The van der Waals surface area contributed by atoms with Crippen molar-refractivity contribution in [3.8, 4) is 5.75 Å². The van der Waals surface area contributed by atoms with Crippen LogP contribution in [0.1, 0.15) is 13.3 Å². The van der Waals surface area contributed by atoms with Gasteiger partial charge in [-0.2, -0.15) is 0 Å². The van der Waals surface area contributed by atoms with Crippen molar-refractivity contribution in [2.75, 3.05) is 11.5 Å². The highest BCUT2D eigenvalue weighted by Crippen LogP contribution is 2.27. The van der Waals surface area contributed by atoms with Crippen molar-refractivity contribution in [2.24, 2.45) is 11.7 Å². The Morgan fingerprint density at radius 2 is 2.05 bits per heavy atom. The van der Waals surface area contributed by atoms with Crippen molar-refractivity contribution < 1.29 is 14.3 Å². The average molecular weight is 278 g/mol. The summed E-state index contributed by atoms with van der Waals surface area (Å²) < 4.78 is 5.31. The maximum atomic E-state index is 11.9. The minimum Gasteiger partial charge on any atom is -0.487 e. The normalized spacial score (nSPS) is 18.8. The number of imide groups is 1. The van der Waals surface area contributed by atoms with Crippen molar-refractivity contribution in [1.82, 2.24) is 0 Å². The number of thiocarbonyl (C=S) groups is 1. The SMILES string of the molecule is CC1CC(=O)N(c2ccc(OCC(N)=S)cc2)C1=O. The molecule has 0 saturated carbocycles. The van der Waals surface area contributed by atoms with Gasteiger partial charge in [0.2, 0.25) is 11.8 Å². The lowest BCUT2D eigenvalue weighted by Gasteiger charge is -2.15. The second-order valence-corrected chi connectivity index (χ2v) is 4.95. The maximum absolute atomic E-state index is 11.9. The summed E-state index contributed by atoms with van der Waals surface area (Å²) in [7, 11) is 0. The molecule has 1 aromatic rings. The van der Waals surface area contributed by atoms with Crippen LogP contribution in [0.25, 0.3) is 0 Å². The zero-order valence-electron chi connectivity index (χ0n) is 10.5. The molecule has 0 aliphatic carbocycles. The highest BCUT2D eigenvalue weighted by Gasteiger charge is 2.36. The lowest BCUT2D eigenvalue weighted by atomic mass is 10.1. The van der Waals surface area contributed by atoms with Crippen molar-refractivity contribution in [1.29, 1.82) is 0 Å². The Hall–Kier alpha value is -1.95. The third-order valence-corrected chi connectivity index (χ3v) is 2.97. The summed E-state index contributed by atoms with van der Waals surface area (Å²) in [6.07, 6.45) is 0.262. The summed E-state index contributed by atoms with van der Waals surface area (Å²) in [4.78, 5) is 25.1. The first-order valence-electron chi connectivity index (χ1n) is 5.87. The number of nitrogens with two attached hydrogens (primary N) is 1. The minimum absolute atomic E-state index is 0.160. The van der Waals surface area contributed by atoms with Crippen LogP contribution in [0, 0.1) is 5.92 Å². The van der Waals surface area contributed by atoms with E-state index in [0.29, 0.717) is 11.4 Å². The fraction of sp³-hybridized carbons (Fsp3) is 0.308. The van der Waals surface area contributed by atoms with E-state index in [4.69, 9.17) is 22.7 Å². The van der Waals surface area contributed by atoms with Crippen molar-refractivity contribution >= 4 is 34.7 Å². The van der Waals surface area contributed by atoms with Gasteiger partial charge in [-0.15, -0.1) is 0 Å². The third-order valence-electron chi connectivity index (χ3n) is 2.85. The predicted molar refractivity (Wildman–Crippen MR) is 75.0 cm³/mol. The number of carbonyl (C=O) groups is 2. The molecule has 2 rings (SSSR count). The summed E-state index contributed by atoms with van der Waals surface area (Å²) in [5.74, 6) is -0.00200. The highest BCUT2D eigenvalue weighted by molar-refractivity contribution is 7.80. The molecule has 1 unspecified atom stereocenters. The molecule has 1 atom stereocenters. The van der Waals surface area contributed by atoms with Gasteiger partial charge in [0.05, 0.1) is 5.69 Å². The number of carbonyl (C=O) groups excluding carboxylic acids is 2. The third kappa shape index (κ3) is 2.90. The fourth-order valence-corrected chi connectivity index (χ4v) is 1.96. The van der Waals surface area contributed by atoms with E-state index in [1.54, 1.807) is 31.2 Å². The van der Waals surface area contributed by atoms with Crippen molar-refractivity contribution in [2.45, 2.75) is 13.3 Å². The van der Waals surface area contributed by atoms with E-state index in [2.05, 4.69) is 0 Å². The summed E-state index contributed by atoms with van der Waals surface area (Å²) in [6, 6.07) is 6.69. The van der Waals surface area contributed by atoms with Gasteiger partial charge in [0.25, 0.3) is 0 Å². The van der Waals surface area contributed by atoms with Crippen LogP contribution < -0.4 is 15.4 Å². The Kier molecular flexibility index (Phi) is 3.80. The molecule has 6 heteroatoms. The van der Waals surface area contributed by atoms with Gasteiger partial charge in [0, 0.05) is 12.3 Å². The standard InChI is InChI=1S/C13H14N2O3S/c1-8-6-12(16)15(13(8)17)9-2-4-10(5-3-9)18-7-11(14)19/h2-5,8H,6-7H2,1H3,(H2,14,19). The zero-order valence-corrected chi connectivity index (χ0v) is 11.3. The molecule has 0 spiro atoms. The Balaban J connectivity index is 2.12. The van der Waals surface area contributed by atoms with Crippen LogP contribution in [0.4, 0.5) is 5.69 Å². The quantitative estimate of drug-likeness (QED) is 0.663. The number of benzene rings is 1. The van der Waals surface area contributed by atoms with Crippen LogP contribution in [-0.4, -0.2) is 23.4 Å². The Bertz CT molecular complexity index is 527. The van der Waals surface area contributed by atoms with Gasteiger partial charge in [-0.25, -0.2) is 0 Å². The van der Waals surface area contributed by atoms with Gasteiger partial charge < -0.3 is 10.5 Å². The zero-order chi connectivity index (χ0) is 14.0. The topological polar surface area (TPSA) is 72.6 Å². The molecule has 0 bridgehead atoms. The molecule has 19 heavy (non-hydrogen) atoms. The second-order valence-electron chi connectivity index (χ2n) is 4.42. The number of hydrogen-bond donors (Lipinski definition) is 1. The molecule has 2 N–H and O–H groups in total. The van der Waals surface area contributed by atoms with Crippen LogP contribution in [0.5, 0.6) is 5.75 Å². The van der Waals surface area contributed by atoms with Gasteiger partial charge >= 0.3 is 0 Å². The monoisotopic (exact) mass is 278 g/mol. The molecule has 100 valence electrons. The predicted octanol–water partition coefficient (Wildman–Crippen LogP) is 1.25. The van der Waals surface area contributed by atoms with Gasteiger partial charge in [-0.3, -0.25) is 14.5 Å².